The van der Waals surface area contributed by atoms with Gasteiger partial charge >= 0.3 is 0 Å². The number of nitrogens with zero attached hydrogens (tertiary/aromatic N) is 2. The van der Waals surface area contributed by atoms with Gasteiger partial charge in [-0.25, -0.2) is 12.8 Å². The Labute approximate surface area is 235 Å². The van der Waals surface area contributed by atoms with Crippen molar-refractivity contribution in [1.82, 2.24) is 10.2 Å². The van der Waals surface area contributed by atoms with Crippen LogP contribution in [0.25, 0.3) is 0 Å². The average Bonchev–Trinajstić information content (AvgIpc) is 2.90. The SMILES string of the molecule is COc1ccc(S(=O)(=O)N(CC(=O)N(Cc2ccccc2F)C(C)C(=O)NC(C)(C)C)c2ccc(C)cc2)cc1. The third-order valence-corrected chi connectivity index (χ3v) is 8.00. The van der Waals surface area contributed by atoms with Gasteiger partial charge in [0.05, 0.1) is 17.7 Å². The number of anilines is 1. The number of ether oxygens (including phenoxy) is 1. The van der Waals surface area contributed by atoms with Gasteiger partial charge in [0, 0.05) is 17.6 Å². The molecule has 3 aromatic carbocycles. The Morgan fingerprint density at radius 1 is 0.975 bits per heavy atom. The molecule has 0 aromatic heterocycles. The molecule has 1 atom stereocenters. The monoisotopic (exact) mass is 569 g/mol. The number of amides is 2. The summed E-state index contributed by atoms with van der Waals surface area (Å²) in [6.07, 6.45) is 0. The molecule has 1 N–H and O–H groups in total. The van der Waals surface area contributed by atoms with Gasteiger partial charge in [-0.3, -0.25) is 13.9 Å². The lowest BCUT2D eigenvalue weighted by Gasteiger charge is -2.33. The number of halogens is 1. The first kappa shape index (κ1) is 30.6. The Bertz CT molecular complexity index is 1440. The van der Waals surface area contributed by atoms with Crippen molar-refractivity contribution in [1.29, 1.82) is 0 Å². The first-order valence-corrected chi connectivity index (χ1v) is 14.3. The van der Waals surface area contributed by atoms with Gasteiger partial charge in [0.1, 0.15) is 24.2 Å². The molecular weight excluding hydrogens is 533 g/mol. The number of aryl methyl sites for hydroxylation is 1. The fraction of sp³-hybridized carbons (Fsp3) is 0.333. The van der Waals surface area contributed by atoms with Gasteiger partial charge in [-0.1, -0.05) is 35.9 Å². The highest BCUT2D eigenvalue weighted by molar-refractivity contribution is 7.92. The third-order valence-electron chi connectivity index (χ3n) is 6.21. The van der Waals surface area contributed by atoms with Gasteiger partial charge in [0.25, 0.3) is 10.0 Å². The number of sulfonamides is 1. The van der Waals surface area contributed by atoms with E-state index in [1.165, 1.54) is 61.4 Å². The van der Waals surface area contributed by atoms with Gasteiger partial charge < -0.3 is 15.0 Å². The number of rotatable bonds is 10. The van der Waals surface area contributed by atoms with Crippen molar-refractivity contribution in [3.63, 3.8) is 0 Å². The van der Waals surface area contributed by atoms with Crippen LogP contribution in [-0.2, 0) is 26.2 Å². The minimum Gasteiger partial charge on any atom is -0.497 e. The highest BCUT2D eigenvalue weighted by atomic mass is 32.2. The quantitative estimate of drug-likeness (QED) is 0.383. The number of hydrogen-bond acceptors (Lipinski definition) is 5. The molecule has 3 rings (SSSR count). The summed E-state index contributed by atoms with van der Waals surface area (Å²) in [5.41, 5.74) is 0.799. The minimum atomic E-state index is -4.22. The first-order chi connectivity index (χ1) is 18.7. The van der Waals surface area contributed by atoms with E-state index in [0.29, 0.717) is 5.75 Å². The zero-order chi connectivity index (χ0) is 29.7. The maximum atomic E-state index is 14.6. The predicted molar refractivity (Wildman–Crippen MR) is 153 cm³/mol. The lowest BCUT2D eigenvalue weighted by molar-refractivity contribution is -0.140. The van der Waals surface area contributed by atoms with Crippen molar-refractivity contribution < 1.29 is 27.1 Å². The summed E-state index contributed by atoms with van der Waals surface area (Å²) in [6, 6.07) is 17.5. The Morgan fingerprint density at radius 2 is 1.57 bits per heavy atom. The predicted octanol–water partition coefficient (Wildman–Crippen LogP) is 4.67. The zero-order valence-corrected chi connectivity index (χ0v) is 24.5. The zero-order valence-electron chi connectivity index (χ0n) is 23.6. The second kappa shape index (κ2) is 12.5. The first-order valence-electron chi connectivity index (χ1n) is 12.8. The minimum absolute atomic E-state index is 0.0409. The van der Waals surface area contributed by atoms with Crippen molar-refractivity contribution in [2.75, 3.05) is 18.0 Å². The lowest BCUT2D eigenvalue weighted by atomic mass is 10.1. The van der Waals surface area contributed by atoms with E-state index >= 15 is 0 Å². The molecule has 0 saturated heterocycles. The maximum absolute atomic E-state index is 14.6. The average molecular weight is 570 g/mol. The summed E-state index contributed by atoms with van der Waals surface area (Å²) in [4.78, 5) is 28.2. The molecule has 3 aromatic rings. The fourth-order valence-corrected chi connectivity index (χ4v) is 5.40. The molecule has 0 aliphatic carbocycles. The van der Waals surface area contributed by atoms with E-state index in [9.17, 15) is 22.4 Å². The van der Waals surface area contributed by atoms with Crippen molar-refractivity contribution in [3.8, 4) is 5.75 Å². The number of methoxy groups -OCH3 is 1. The molecule has 214 valence electrons. The number of carbonyl (C=O) groups is 2. The fourth-order valence-electron chi connectivity index (χ4n) is 3.98. The van der Waals surface area contributed by atoms with Crippen LogP contribution < -0.4 is 14.4 Å². The van der Waals surface area contributed by atoms with E-state index in [1.54, 1.807) is 51.1 Å². The molecule has 0 saturated carbocycles. The van der Waals surface area contributed by atoms with E-state index in [1.807, 2.05) is 6.92 Å². The number of carbonyl (C=O) groups excluding carboxylic acids is 2. The highest BCUT2D eigenvalue weighted by Gasteiger charge is 2.33. The van der Waals surface area contributed by atoms with Crippen LogP contribution in [-0.4, -0.2) is 50.4 Å². The van der Waals surface area contributed by atoms with Gasteiger partial charge in [0.15, 0.2) is 0 Å². The normalized spacial score (nSPS) is 12.4. The number of benzene rings is 3. The van der Waals surface area contributed by atoms with Crippen LogP contribution in [0.5, 0.6) is 5.75 Å². The molecule has 0 radical (unpaired) electrons. The highest BCUT2D eigenvalue weighted by Crippen LogP contribution is 2.26. The van der Waals surface area contributed by atoms with Gasteiger partial charge in [-0.05, 0) is 77.1 Å². The summed E-state index contributed by atoms with van der Waals surface area (Å²) in [5.74, 6) is -1.17. The molecule has 0 heterocycles. The smallest absolute Gasteiger partial charge is 0.264 e. The molecule has 2 amide bonds. The molecule has 1 unspecified atom stereocenters. The van der Waals surface area contributed by atoms with E-state index in [0.717, 1.165) is 9.87 Å². The Balaban J connectivity index is 2.04. The van der Waals surface area contributed by atoms with Crippen LogP contribution >= 0.6 is 0 Å². The van der Waals surface area contributed by atoms with Gasteiger partial charge in [-0.15, -0.1) is 0 Å². The Hall–Kier alpha value is -3.92. The molecule has 0 aliphatic heterocycles. The van der Waals surface area contributed by atoms with Crippen LogP contribution in [0.15, 0.2) is 77.7 Å². The summed E-state index contributed by atoms with van der Waals surface area (Å²) < 4.78 is 48.5. The molecule has 0 spiro atoms. The third kappa shape index (κ3) is 7.59. The summed E-state index contributed by atoms with van der Waals surface area (Å²) in [6.45, 7) is 7.98. The van der Waals surface area contributed by atoms with Crippen molar-refractivity contribution in [2.45, 2.75) is 57.6 Å². The number of hydrogen-bond donors (Lipinski definition) is 1. The molecule has 8 nitrogen and oxygen atoms in total. The molecule has 0 fully saturated rings. The molecule has 0 bridgehead atoms. The van der Waals surface area contributed by atoms with Crippen molar-refractivity contribution in [3.05, 3.63) is 89.7 Å². The van der Waals surface area contributed by atoms with Gasteiger partial charge in [-0.2, -0.15) is 0 Å². The van der Waals surface area contributed by atoms with Crippen molar-refractivity contribution >= 4 is 27.5 Å². The largest absolute Gasteiger partial charge is 0.497 e. The topological polar surface area (TPSA) is 96.0 Å². The molecular formula is C30H36FN3O5S. The van der Waals surface area contributed by atoms with E-state index in [4.69, 9.17) is 4.74 Å². The van der Waals surface area contributed by atoms with Crippen LogP contribution in [0, 0.1) is 12.7 Å². The number of nitrogens with one attached hydrogen (secondary N) is 1. The summed E-state index contributed by atoms with van der Waals surface area (Å²) in [5, 5.41) is 2.84. The molecule has 10 heteroatoms. The Morgan fingerprint density at radius 3 is 2.12 bits per heavy atom. The lowest BCUT2D eigenvalue weighted by Crippen LogP contribution is -2.54. The van der Waals surface area contributed by atoms with Crippen LogP contribution in [0.1, 0.15) is 38.8 Å². The van der Waals surface area contributed by atoms with Crippen LogP contribution in [0.4, 0.5) is 10.1 Å². The molecule has 40 heavy (non-hydrogen) atoms. The second-order valence-corrected chi connectivity index (χ2v) is 12.4. The van der Waals surface area contributed by atoms with E-state index < -0.39 is 45.8 Å². The van der Waals surface area contributed by atoms with E-state index in [-0.39, 0.29) is 22.7 Å². The van der Waals surface area contributed by atoms with E-state index in [2.05, 4.69) is 5.32 Å². The van der Waals surface area contributed by atoms with Crippen molar-refractivity contribution in [2.24, 2.45) is 0 Å². The second-order valence-electron chi connectivity index (χ2n) is 10.6. The molecule has 0 aliphatic rings. The summed E-state index contributed by atoms with van der Waals surface area (Å²) in [7, 11) is -2.75. The standard InChI is InChI=1S/C30H36FN3O5S/c1-21-11-13-24(14-12-21)34(40(37,38)26-17-15-25(39-6)16-18-26)20-28(35)33(19-23-9-7-8-10-27(23)31)22(2)29(36)32-30(3,4)5/h7-18,22H,19-20H2,1-6H3,(H,32,36). The maximum Gasteiger partial charge on any atom is 0.264 e. The van der Waals surface area contributed by atoms with Crippen LogP contribution in [0.3, 0.4) is 0 Å². The Kier molecular flexibility index (Phi) is 9.57. The van der Waals surface area contributed by atoms with Gasteiger partial charge in [0.2, 0.25) is 11.8 Å². The summed E-state index contributed by atoms with van der Waals surface area (Å²) >= 11 is 0. The van der Waals surface area contributed by atoms with Crippen LogP contribution in [0.2, 0.25) is 0 Å².